The van der Waals surface area contributed by atoms with Gasteiger partial charge in [0.05, 0.1) is 0 Å². The van der Waals surface area contributed by atoms with E-state index in [9.17, 15) is 0 Å². The first-order chi connectivity index (χ1) is 9.22. The lowest BCUT2D eigenvalue weighted by Gasteiger charge is -2.37. The van der Waals surface area contributed by atoms with E-state index in [4.69, 9.17) is 0 Å². The number of pyridine rings is 1. The van der Waals surface area contributed by atoms with Gasteiger partial charge in [-0.05, 0) is 43.0 Å². The number of aromatic nitrogens is 1. The Hall–Kier alpha value is -1.09. The molecule has 2 rings (SSSR count). The zero-order chi connectivity index (χ0) is 13.7. The van der Waals surface area contributed by atoms with Crippen LogP contribution in [0.5, 0.6) is 0 Å². The van der Waals surface area contributed by atoms with Crippen LogP contribution in [0, 0.1) is 5.92 Å². The van der Waals surface area contributed by atoms with Gasteiger partial charge in [-0.2, -0.15) is 0 Å². The number of nitrogens with one attached hydrogen (secondary N) is 1. The highest BCUT2D eigenvalue weighted by atomic mass is 15.2. The Morgan fingerprint density at radius 2 is 2.16 bits per heavy atom. The van der Waals surface area contributed by atoms with Gasteiger partial charge in [-0.1, -0.05) is 26.7 Å². The van der Waals surface area contributed by atoms with Crippen LogP contribution in [0.15, 0.2) is 18.3 Å². The fourth-order valence-corrected chi connectivity index (χ4v) is 3.07. The van der Waals surface area contributed by atoms with Crippen molar-refractivity contribution in [2.24, 2.45) is 5.92 Å². The molecule has 1 aliphatic carbocycles. The van der Waals surface area contributed by atoms with Gasteiger partial charge >= 0.3 is 0 Å². The Labute approximate surface area is 117 Å². The van der Waals surface area contributed by atoms with Gasteiger partial charge < -0.3 is 10.2 Å². The van der Waals surface area contributed by atoms with Gasteiger partial charge in [-0.3, -0.25) is 0 Å². The van der Waals surface area contributed by atoms with Crippen molar-refractivity contribution in [3.05, 3.63) is 23.9 Å². The summed E-state index contributed by atoms with van der Waals surface area (Å²) in [6.45, 7) is 6.45. The van der Waals surface area contributed by atoms with Crippen molar-refractivity contribution >= 4 is 5.82 Å². The molecule has 2 unspecified atom stereocenters. The molecule has 0 saturated heterocycles. The van der Waals surface area contributed by atoms with Crippen molar-refractivity contribution in [3.8, 4) is 0 Å². The zero-order valence-electron chi connectivity index (χ0n) is 12.5. The van der Waals surface area contributed by atoms with E-state index in [0.717, 1.165) is 24.8 Å². The average molecular weight is 261 g/mol. The van der Waals surface area contributed by atoms with Crippen LogP contribution in [0.25, 0.3) is 0 Å². The van der Waals surface area contributed by atoms with Crippen LogP contribution < -0.4 is 10.2 Å². The highest BCUT2D eigenvalue weighted by Crippen LogP contribution is 2.29. The molecule has 1 N–H and O–H groups in total. The summed E-state index contributed by atoms with van der Waals surface area (Å²) >= 11 is 0. The summed E-state index contributed by atoms with van der Waals surface area (Å²) in [5.41, 5.74) is 1.32. The molecule has 1 aromatic heterocycles. The predicted octanol–water partition coefficient (Wildman–Crippen LogP) is 3.21. The molecule has 0 amide bonds. The van der Waals surface area contributed by atoms with Gasteiger partial charge in [-0.25, -0.2) is 4.98 Å². The average Bonchev–Trinajstić information content (AvgIpc) is 2.45. The van der Waals surface area contributed by atoms with E-state index in [2.05, 4.69) is 48.2 Å². The Morgan fingerprint density at radius 1 is 1.37 bits per heavy atom. The van der Waals surface area contributed by atoms with Crippen LogP contribution >= 0.6 is 0 Å². The van der Waals surface area contributed by atoms with E-state index in [1.807, 2.05) is 6.20 Å². The number of rotatable bonds is 5. The molecule has 19 heavy (non-hydrogen) atoms. The number of hydrogen-bond donors (Lipinski definition) is 1. The standard InChI is InChI=1S/C16H27N3/c1-4-17-12-14-9-10-18-16(11-14)19(3)15-8-6-5-7-13(15)2/h9-11,13,15,17H,4-8,12H2,1-3H3. The second-order valence-corrected chi connectivity index (χ2v) is 5.74. The summed E-state index contributed by atoms with van der Waals surface area (Å²) in [6, 6.07) is 4.98. The molecular weight excluding hydrogens is 234 g/mol. The van der Waals surface area contributed by atoms with Crippen LogP contribution in [-0.4, -0.2) is 24.6 Å². The maximum Gasteiger partial charge on any atom is 0.128 e. The molecule has 3 heteroatoms. The van der Waals surface area contributed by atoms with Gasteiger partial charge in [0.1, 0.15) is 5.82 Å². The molecule has 0 spiro atoms. The van der Waals surface area contributed by atoms with Crippen molar-refractivity contribution in [2.75, 3.05) is 18.5 Å². The van der Waals surface area contributed by atoms with Crippen LogP contribution in [-0.2, 0) is 6.54 Å². The molecule has 0 aliphatic heterocycles. The van der Waals surface area contributed by atoms with E-state index in [1.165, 1.54) is 31.2 Å². The van der Waals surface area contributed by atoms with E-state index in [1.54, 1.807) is 0 Å². The lowest BCUT2D eigenvalue weighted by Crippen LogP contribution is -2.39. The maximum atomic E-state index is 4.56. The summed E-state index contributed by atoms with van der Waals surface area (Å²) in [4.78, 5) is 6.94. The molecule has 0 bridgehead atoms. The summed E-state index contributed by atoms with van der Waals surface area (Å²) in [7, 11) is 2.20. The summed E-state index contributed by atoms with van der Waals surface area (Å²) in [5, 5.41) is 3.37. The number of anilines is 1. The van der Waals surface area contributed by atoms with Crippen LogP contribution in [0.3, 0.4) is 0 Å². The Morgan fingerprint density at radius 3 is 2.89 bits per heavy atom. The molecule has 0 radical (unpaired) electrons. The SMILES string of the molecule is CCNCc1ccnc(N(C)C2CCCCC2C)c1. The summed E-state index contributed by atoms with van der Waals surface area (Å²) < 4.78 is 0. The van der Waals surface area contributed by atoms with Gasteiger partial charge in [0.15, 0.2) is 0 Å². The van der Waals surface area contributed by atoms with E-state index in [-0.39, 0.29) is 0 Å². The minimum Gasteiger partial charge on any atom is -0.356 e. The van der Waals surface area contributed by atoms with Gasteiger partial charge in [0.25, 0.3) is 0 Å². The first kappa shape index (κ1) is 14.3. The van der Waals surface area contributed by atoms with Crippen molar-refractivity contribution < 1.29 is 0 Å². The highest BCUT2D eigenvalue weighted by molar-refractivity contribution is 5.41. The summed E-state index contributed by atoms with van der Waals surface area (Å²) in [5.74, 6) is 1.90. The lowest BCUT2D eigenvalue weighted by molar-refractivity contribution is 0.320. The number of nitrogens with zero attached hydrogens (tertiary/aromatic N) is 2. The third-order valence-electron chi connectivity index (χ3n) is 4.31. The van der Waals surface area contributed by atoms with Crippen LogP contribution in [0.2, 0.25) is 0 Å². The Bertz CT molecular complexity index is 391. The molecule has 1 fully saturated rings. The van der Waals surface area contributed by atoms with Crippen molar-refractivity contribution in [3.63, 3.8) is 0 Å². The maximum absolute atomic E-state index is 4.56. The van der Waals surface area contributed by atoms with E-state index in [0.29, 0.717) is 6.04 Å². The van der Waals surface area contributed by atoms with Gasteiger partial charge in [0, 0.05) is 25.8 Å². The fraction of sp³-hybridized carbons (Fsp3) is 0.688. The van der Waals surface area contributed by atoms with E-state index >= 15 is 0 Å². The predicted molar refractivity (Wildman–Crippen MR) is 81.4 cm³/mol. The second kappa shape index (κ2) is 6.90. The molecule has 1 aliphatic rings. The first-order valence-corrected chi connectivity index (χ1v) is 7.61. The minimum absolute atomic E-state index is 0.649. The topological polar surface area (TPSA) is 28.2 Å². The molecule has 1 heterocycles. The third kappa shape index (κ3) is 3.69. The highest BCUT2D eigenvalue weighted by Gasteiger charge is 2.25. The molecule has 3 nitrogen and oxygen atoms in total. The number of hydrogen-bond acceptors (Lipinski definition) is 3. The minimum atomic E-state index is 0.649. The molecular formula is C16H27N3. The van der Waals surface area contributed by atoms with Crippen molar-refractivity contribution in [2.45, 2.75) is 52.1 Å². The molecule has 1 saturated carbocycles. The van der Waals surface area contributed by atoms with Crippen LogP contribution in [0.4, 0.5) is 5.82 Å². The quantitative estimate of drug-likeness (QED) is 0.882. The van der Waals surface area contributed by atoms with Crippen molar-refractivity contribution in [1.82, 2.24) is 10.3 Å². The second-order valence-electron chi connectivity index (χ2n) is 5.74. The molecule has 0 aromatic carbocycles. The van der Waals surface area contributed by atoms with Gasteiger partial charge in [-0.15, -0.1) is 0 Å². The summed E-state index contributed by atoms with van der Waals surface area (Å²) in [6.07, 6.45) is 7.34. The third-order valence-corrected chi connectivity index (χ3v) is 4.31. The molecule has 106 valence electrons. The largest absolute Gasteiger partial charge is 0.356 e. The van der Waals surface area contributed by atoms with E-state index < -0.39 is 0 Å². The first-order valence-electron chi connectivity index (χ1n) is 7.61. The normalized spacial score (nSPS) is 23.3. The van der Waals surface area contributed by atoms with Crippen molar-refractivity contribution in [1.29, 1.82) is 0 Å². The van der Waals surface area contributed by atoms with Crippen LogP contribution in [0.1, 0.15) is 45.1 Å². The smallest absolute Gasteiger partial charge is 0.128 e. The Kier molecular flexibility index (Phi) is 5.20. The monoisotopic (exact) mass is 261 g/mol. The fourth-order valence-electron chi connectivity index (χ4n) is 3.07. The molecule has 2 atom stereocenters. The van der Waals surface area contributed by atoms with Gasteiger partial charge in [0.2, 0.25) is 0 Å². The molecule has 1 aromatic rings. The Balaban J connectivity index is 2.07. The lowest BCUT2D eigenvalue weighted by atomic mass is 9.85. The zero-order valence-corrected chi connectivity index (χ0v) is 12.5.